The molecule has 2 aromatic rings. The van der Waals surface area contributed by atoms with Gasteiger partial charge in [-0.1, -0.05) is 11.6 Å². The van der Waals surface area contributed by atoms with Crippen molar-refractivity contribution < 1.29 is 0 Å². The molecule has 0 radical (unpaired) electrons. The van der Waals surface area contributed by atoms with E-state index in [1.54, 1.807) is 6.20 Å². The number of fused-ring (bicyclic) bond motifs is 1. The molecule has 0 saturated carbocycles. The second kappa shape index (κ2) is 5.46. The summed E-state index contributed by atoms with van der Waals surface area (Å²) in [4.78, 5) is 13.6. The topological polar surface area (TPSA) is 64.7 Å². The summed E-state index contributed by atoms with van der Waals surface area (Å²) in [6, 6.07) is 3.62. The van der Waals surface area contributed by atoms with Crippen LogP contribution in [0.25, 0.3) is 11.5 Å². The Labute approximate surface area is 123 Å². The van der Waals surface area contributed by atoms with Crippen LogP contribution in [0, 0.1) is 12.8 Å². The number of pyridine rings is 1. The molecule has 0 aliphatic heterocycles. The Bertz CT molecular complexity index is 642. The number of halogens is 1. The van der Waals surface area contributed by atoms with Gasteiger partial charge in [0.2, 0.25) is 0 Å². The van der Waals surface area contributed by atoms with E-state index >= 15 is 0 Å². The van der Waals surface area contributed by atoms with Gasteiger partial charge in [0.25, 0.3) is 0 Å². The molecule has 2 heterocycles. The van der Waals surface area contributed by atoms with Crippen LogP contribution in [-0.2, 0) is 12.8 Å². The van der Waals surface area contributed by atoms with Gasteiger partial charge in [0.15, 0.2) is 5.82 Å². The predicted octanol–water partition coefficient (Wildman–Crippen LogP) is 2.56. The number of aryl methyl sites for hydroxylation is 2. The number of aromatic nitrogens is 3. The maximum atomic E-state index is 6.18. The summed E-state index contributed by atoms with van der Waals surface area (Å²) in [5.41, 5.74) is 9.83. The number of nitrogens with zero attached hydrogens (tertiary/aromatic N) is 3. The maximum absolute atomic E-state index is 6.18. The second-order valence-electron chi connectivity index (χ2n) is 5.24. The Hall–Kier alpha value is -1.52. The highest BCUT2D eigenvalue weighted by atomic mass is 35.5. The van der Waals surface area contributed by atoms with Crippen molar-refractivity contribution >= 4 is 11.6 Å². The van der Waals surface area contributed by atoms with Crippen LogP contribution in [0.1, 0.15) is 23.4 Å². The van der Waals surface area contributed by atoms with Crippen molar-refractivity contribution in [1.29, 1.82) is 0 Å². The first kappa shape index (κ1) is 13.5. The van der Waals surface area contributed by atoms with Gasteiger partial charge in [0.1, 0.15) is 5.69 Å². The minimum atomic E-state index is 0.550. The van der Waals surface area contributed by atoms with Crippen molar-refractivity contribution in [1.82, 2.24) is 15.0 Å². The first-order valence-corrected chi connectivity index (χ1v) is 7.24. The highest BCUT2D eigenvalue weighted by molar-refractivity contribution is 6.32. The molecule has 1 aliphatic rings. The van der Waals surface area contributed by atoms with E-state index in [2.05, 4.69) is 15.0 Å². The van der Waals surface area contributed by atoms with Crippen molar-refractivity contribution in [2.75, 3.05) is 6.54 Å². The molecule has 0 fully saturated rings. The molecule has 1 aliphatic carbocycles. The van der Waals surface area contributed by atoms with Crippen LogP contribution in [-0.4, -0.2) is 21.5 Å². The van der Waals surface area contributed by atoms with Crippen molar-refractivity contribution in [3.8, 4) is 11.5 Å². The highest BCUT2D eigenvalue weighted by Crippen LogP contribution is 2.29. The standard InChI is InChI=1S/C15H17ClN4/c1-9-11-7-10(8-17)4-5-13(11)20-15(19-9)14-12(16)3-2-6-18-14/h2-3,6,10H,4-5,7-8,17H2,1H3. The summed E-state index contributed by atoms with van der Waals surface area (Å²) >= 11 is 6.18. The summed E-state index contributed by atoms with van der Waals surface area (Å²) in [5.74, 6) is 1.17. The number of hydrogen-bond acceptors (Lipinski definition) is 4. The molecule has 2 aromatic heterocycles. The summed E-state index contributed by atoms with van der Waals surface area (Å²) in [6.07, 6.45) is 4.74. The molecule has 0 spiro atoms. The van der Waals surface area contributed by atoms with Crippen LogP contribution in [0.15, 0.2) is 18.3 Å². The molecule has 104 valence electrons. The number of hydrogen-bond donors (Lipinski definition) is 1. The minimum absolute atomic E-state index is 0.550. The lowest BCUT2D eigenvalue weighted by atomic mass is 9.86. The molecule has 2 N–H and O–H groups in total. The first-order valence-electron chi connectivity index (χ1n) is 6.86. The molecule has 0 aromatic carbocycles. The Morgan fingerprint density at radius 1 is 1.40 bits per heavy atom. The molecule has 4 nitrogen and oxygen atoms in total. The van der Waals surface area contributed by atoms with E-state index in [1.165, 1.54) is 5.56 Å². The monoisotopic (exact) mass is 288 g/mol. The van der Waals surface area contributed by atoms with Gasteiger partial charge >= 0.3 is 0 Å². The molecule has 0 amide bonds. The van der Waals surface area contributed by atoms with Crippen molar-refractivity contribution in [3.05, 3.63) is 40.3 Å². The van der Waals surface area contributed by atoms with Gasteiger partial charge in [-0.15, -0.1) is 0 Å². The Morgan fingerprint density at radius 2 is 2.25 bits per heavy atom. The van der Waals surface area contributed by atoms with Gasteiger partial charge in [-0.3, -0.25) is 4.98 Å². The van der Waals surface area contributed by atoms with Crippen molar-refractivity contribution in [2.45, 2.75) is 26.2 Å². The summed E-state index contributed by atoms with van der Waals surface area (Å²) in [6.45, 7) is 2.76. The number of rotatable bonds is 2. The van der Waals surface area contributed by atoms with Crippen molar-refractivity contribution in [2.24, 2.45) is 11.7 Å². The molecule has 20 heavy (non-hydrogen) atoms. The third kappa shape index (κ3) is 2.41. The lowest BCUT2D eigenvalue weighted by Crippen LogP contribution is -2.24. The van der Waals surface area contributed by atoms with E-state index in [4.69, 9.17) is 17.3 Å². The zero-order chi connectivity index (χ0) is 14.1. The van der Waals surface area contributed by atoms with Crippen LogP contribution in [0.2, 0.25) is 5.02 Å². The molecular weight excluding hydrogens is 272 g/mol. The Balaban J connectivity index is 2.05. The second-order valence-corrected chi connectivity index (χ2v) is 5.64. The molecule has 5 heteroatoms. The zero-order valence-electron chi connectivity index (χ0n) is 11.4. The molecule has 1 unspecified atom stereocenters. The molecule has 1 atom stereocenters. The van der Waals surface area contributed by atoms with E-state index in [-0.39, 0.29) is 0 Å². The zero-order valence-corrected chi connectivity index (χ0v) is 12.2. The van der Waals surface area contributed by atoms with E-state index in [0.717, 1.165) is 37.2 Å². The average Bonchev–Trinajstić information content (AvgIpc) is 2.47. The van der Waals surface area contributed by atoms with Crippen LogP contribution in [0.3, 0.4) is 0 Å². The van der Waals surface area contributed by atoms with Crippen LogP contribution < -0.4 is 5.73 Å². The van der Waals surface area contributed by atoms with Gasteiger partial charge in [-0.25, -0.2) is 9.97 Å². The minimum Gasteiger partial charge on any atom is -0.330 e. The van der Waals surface area contributed by atoms with Crippen molar-refractivity contribution in [3.63, 3.8) is 0 Å². The third-order valence-electron chi connectivity index (χ3n) is 3.89. The average molecular weight is 289 g/mol. The first-order chi connectivity index (χ1) is 9.69. The quantitative estimate of drug-likeness (QED) is 0.922. The smallest absolute Gasteiger partial charge is 0.180 e. The van der Waals surface area contributed by atoms with Crippen LogP contribution >= 0.6 is 11.6 Å². The lowest BCUT2D eigenvalue weighted by Gasteiger charge is -2.24. The van der Waals surface area contributed by atoms with Gasteiger partial charge in [-0.05, 0) is 56.3 Å². The predicted molar refractivity (Wildman–Crippen MR) is 79.6 cm³/mol. The summed E-state index contributed by atoms with van der Waals surface area (Å²) in [5, 5.41) is 0.586. The summed E-state index contributed by atoms with van der Waals surface area (Å²) in [7, 11) is 0. The van der Waals surface area contributed by atoms with E-state index in [9.17, 15) is 0 Å². The molecule has 3 rings (SSSR count). The largest absolute Gasteiger partial charge is 0.330 e. The fraction of sp³-hybridized carbons (Fsp3) is 0.400. The fourth-order valence-corrected chi connectivity index (χ4v) is 2.92. The van der Waals surface area contributed by atoms with Gasteiger partial charge in [0.05, 0.1) is 5.02 Å². The Morgan fingerprint density at radius 3 is 3.00 bits per heavy atom. The van der Waals surface area contributed by atoms with Gasteiger partial charge in [-0.2, -0.15) is 0 Å². The van der Waals surface area contributed by atoms with Crippen LogP contribution in [0.4, 0.5) is 0 Å². The third-order valence-corrected chi connectivity index (χ3v) is 4.19. The molecular formula is C15H17ClN4. The fourth-order valence-electron chi connectivity index (χ4n) is 2.72. The summed E-state index contributed by atoms with van der Waals surface area (Å²) < 4.78 is 0. The van der Waals surface area contributed by atoms with E-state index in [0.29, 0.717) is 22.5 Å². The van der Waals surface area contributed by atoms with E-state index in [1.807, 2.05) is 19.1 Å². The molecule has 0 bridgehead atoms. The van der Waals surface area contributed by atoms with Gasteiger partial charge < -0.3 is 5.73 Å². The molecule has 0 saturated heterocycles. The van der Waals surface area contributed by atoms with Crippen LogP contribution in [0.5, 0.6) is 0 Å². The van der Waals surface area contributed by atoms with E-state index < -0.39 is 0 Å². The lowest BCUT2D eigenvalue weighted by molar-refractivity contribution is 0.460. The SMILES string of the molecule is Cc1nc(-c2ncccc2Cl)nc2c1CC(CN)CC2. The maximum Gasteiger partial charge on any atom is 0.180 e. The Kier molecular flexibility index (Phi) is 3.68. The normalized spacial score (nSPS) is 17.9. The number of nitrogens with two attached hydrogens (primary N) is 1. The highest BCUT2D eigenvalue weighted by Gasteiger charge is 2.22. The van der Waals surface area contributed by atoms with Gasteiger partial charge in [0, 0.05) is 17.6 Å².